The van der Waals surface area contributed by atoms with Gasteiger partial charge in [0.15, 0.2) is 0 Å². The summed E-state index contributed by atoms with van der Waals surface area (Å²) < 4.78 is 13.4. The van der Waals surface area contributed by atoms with Crippen molar-refractivity contribution in [3.63, 3.8) is 0 Å². The van der Waals surface area contributed by atoms with Crippen molar-refractivity contribution in [2.45, 2.75) is 56.7 Å². The van der Waals surface area contributed by atoms with Gasteiger partial charge in [0, 0.05) is 26.2 Å². The van der Waals surface area contributed by atoms with Crippen molar-refractivity contribution in [2.24, 2.45) is 0 Å². The third-order valence-corrected chi connectivity index (χ3v) is 13.2. The van der Waals surface area contributed by atoms with Gasteiger partial charge in [-0.1, -0.05) is 114 Å². The van der Waals surface area contributed by atoms with Gasteiger partial charge in [-0.3, -0.25) is 0 Å². The average Bonchev–Trinajstić information content (AvgIpc) is 3.97. The number of hydrogen-bond acceptors (Lipinski definition) is 7. The Labute approximate surface area is 385 Å². The Morgan fingerprint density at radius 1 is 0.562 bits per heavy atom. The van der Waals surface area contributed by atoms with Crippen molar-refractivity contribution >= 4 is 45.3 Å². The number of H-pyrrole nitrogens is 2. The molecule has 0 saturated carbocycles. The van der Waals surface area contributed by atoms with Crippen LogP contribution in [0, 0.1) is 0 Å². The standard InChI is InChI=1S/C27H29N3O2.C26H25Cl2N3O/c1-30-15-13-22(14-16-30)32-26(27-28-24-11-4-5-12-25(24)29-27)20-9-6-8-19(17-20)23-10-3-2-7-21(23)18-31;1-31-13-11-20(12-14-31)32-25(26-29-23-7-2-3-8-24(23)30-26)19-6-4-5-17(15-19)18-9-10-21(27)22(28)16-18/h2-12,17,22,26,31H,13-16,18H2,1H3,(H,28,29);2-10,15-16,20,25H,11-14H2,1H3,(H,29,30). The zero-order chi connectivity index (χ0) is 44.0. The van der Waals surface area contributed by atoms with Gasteiger partial charge in [0.25, 0.3) is 0 Å². The molecular weight excluding hydrogens is 840 g/mol. The highest BCUT2D eigenvalue weighted by atomic mass is 35.5. The summed E-state index contributed by atoms with van der Waals surface area (Å²) in [4.78, 5) is 21.4. The lowest BCUT2D eigenvalue weighted by Crippen LogP contribution is -2.35. The second-order valence-electron chi connectivity index (χ2n) is 17.0. The predicted octanol–water partition coefficient (Wildman–Crippen LogP) is 11.7. The first-order valence-electron chi connectivity index (χ1n) is 22.2. The Morgan fingerprint density at radius 3 is 1.58 bits per heavy atom. The van der Waals surface area contributed by atoms with Crippen LogP contribution in [0.5, 0.6) is 0 Å². The maximum Gasteiger partial charge on any atom is 0.141 e. The molecule has 9 nitrogen and oxygen atoms in total. The number of aliphatic hydroxyl groups is 1. The van der Waals surface area contributed by atoms with Gasteiger partial charge in [-0.15, -0.1) is 0 Å². The van der Waals surface area contributed by atoms with E-state index in [2.05, 4.69) is 88.5 Å². The van der Waals surface area contributed by atoms with Crippen molar-refractivity contribution < 1.29 is 14.6 Å². The molecule has 8 aromatic rings. The maximum atomic E-state index is 9.81. The first-order chi connectivity index (χ1) is 31.3. The van der Waals surface area contributed by atoms with Crippen LogP contribution in [0.1, 0.15) is 66.2 Å². The first kappa shape index (κ1) is 43.9. The van der Waals surface area contributed by atoms with Crippen LogP contribution >= 0.6 is 23.2 Å². The lowest BCUT2D eigenvalue weighted by Gasteiger charge is -2.31. The van der Waals surface area contributed by atoms with Crippen molar-refractivity contribution in [1.82, 2.24) is 29.7 Å². The molecule has 0 radical (unpaired) electrons. The molecule has 2 aromatic heterocycles. The summed E-state index contributed by atoms with van der Waals surface area (Å²) in [7, 11) is 4.32. The average molecular weight is 894 g/mol. The summed E-state index contributed by atoms with van der Waals surface area (Å²) in [5, 5.41) is 10.9. The Balaban J connectivity index is 0.000000162. The van der Waals surface area contributed by atoms with E-state index in [-0.39, 0.29) is 31.0 Å². The summed E-state index contributed by atoms with van der Waals surface area (Å²) in [6, 6.07) is 46.7. The van der Waals surface area contributed by atoms with Crippen LogP contribution in [0.15, 0.2) is 140 Å². The van der Waals surface area contributed by atoms with Gasteiger partial charge in [-0.2, -0.15) is 0 Å². The van der Waals surface area contributed by atoms with Gasteiger partial charge >= 0.3 is 0 Å². The molecule has 6 aromatic carbocycles. The fourth-order valence-electron chi connectivity index (χ4n) is 8.79. The molecule has 2 atom stereocenters. The summed E-state index contributed by atoms with van der Waals surface area (Å²) in [5.74, 6) is 1.66. The molecule has 2 aliphatic rings. The van der Waals surface area contributed by atoms with E-state index in [1.54, 1.807) is 0 Å². The van der Waals surface area contributed by atoms with Crippen molar-refractivity contribution in [1.29, 1.82) is 0 Å². The zero-order valence-electron chi connectivity index (χ0n) is 36.3. The zero-order valence-corrected chi connectivity index (χ0v) is 37.8. The van der Waals surface area contributed by atoms with E-state index >= 15 is 0 Å². The highest BCUT2D eigenvalue weighted by Crippen LogP contribution is 2.36. The molecule has 10 rings (SSSR count). The van der Waals surface area contributed by atoms with E-state index in [1.165, 1.54) is 0 Å². The normalized spacial score (nSPS) is 16.5. The summed E-state index contributed by atoms with van der Waals surface area (Å²) in [5.41, 5.74) is 11.2. The maximum absolute atomic E-state index is 9.81. The summed E-state index contributed by atoms with van der Waals surface area (Å²) in [6.45, 7) is 4.18. The number of imidazole rings is 2. The molecule has 2 aliphatic heterocycles. The van der Waals surface area contributed by atoms with E-state index in [0.717, 1.165) is 125 Å². The Bertz CT molecular complexity index is 2740. The second-order valence-corrected chi connectivity index (χ2v) is 17.8. The number of halogens is 2. The Morgan fingerprint density at radius 2 is 1.05 bits per heavy atom. The number of fused-ring (bicyclic) bond motifs is 2. The Kier molecular flexibility index (Phi) is 13.9. The molecule has 0 aliphatic carbocycles. The largest absolute Gasteiger partial charge is 0.392 e. The molecule has 0 spiro atoms. The highest BCUT2D eigenvalue weighted by Gasteiger charge is 2.28. The highest BCUT2D eigenvalue weighted by molar-refractivity contribution is 6.42. The second kappa shape index (κ2) is 20.2. The van der Waals surface area contributed by atoms with E-state index in [9.17, 15) is 5.11 Å². The molecule has 0 amide bonds. The van der Waals surface area contributed by atoms with Crippen molar-refractivity contribution in [3.8, 4) is 22.3 Å². The van der Waals surface area contributed by atoms with Gasteiger partial charge in [-0.05, 0) is 127 Å². The van der Waals surface area contributed by atoms with Gasteiger partial charge in [0.1, 0.15) is 23.9 Å². The SMILES string of the molecule is CN1CCC(OC(c2cccc(-c3ccc(Cl)c(Cl)c3)c2)c2nc3ccccc3[nH]2)CC1.CN1CCC(OC(c2cccc(-c3ccccc3CO)c2)c2nc3ccccc3[nH]2)CC1. The van der Waals surface area contributed by atoms with Crippen molar-refractivity contribution in [3.05, 3.63) is 178 Å². The van der Waals surface area contributed by atoms with Gasteiger partial charge in [0.05, 0.1) is 50.9 Å². The number of nitrogens with one attached hydrogen (secondary N) is 2. The topological polar surface area (TPSA) is 103 Å². The number of piperidine rings is 2. The molecule has 11 heteroatoms. The van der Waals surface area contributed by atoms with Crippen LogP contribution in [-0.2, 0) is 16.1 Å². The quantitative estimate of drug-likeness (QED) is 0.119. The molecule has 0 bridgehead atoms. The first-order valence-corrected chi connectivity index (χ1v) is 23.0. The molecular formula is C53H54Cl2N6O3. The fraction of sp³-hybridized carbons (Fsp3) is 0.283. The number of rotatable bonds is 11. The number of para-hydroxylation sites is 4. The minimum absolute atomic E-state index is 0.0134. The van der Waals surface area contributed by atoms with E-state index in [1.807, 2.05) is 84.9 Å². The molecule has 2 unspecified atom stereocenters. The number of hydrogen-bond donors (Lipinski definition) is 3. The molecule has 328 valence electrons. The minimum atomic E-state index is -0.281. The predicted molar refractivity (Wildman–Crippen MR) is 259 cm³/mol. The lowest BCUT2D eigenvalue weighted by atomic mass is 9.96. The van der Waals surface area contributed by atoms with Gasteiger partial charge in [-0.25, -0.2) is 9.97 Å². The lowest BCUT2D eigenvalue weighted by molar-refractivity contribution is -0.0264. The van der Waals surface area contributed by atoms with E-state index < -0.39 is 0 Å². The van der Waals surface area contributed by atoms with Crippen LogP contribution in [0.4, 0.5) is 0 Å². The third kappa shape index (κ3) is 10.3. The summed E-state index contributed by atoms with van der Waals surface area (Å²) >= 11 is 12.4. The smallest absolute Gasteiger partial charge is 0.141 e. The monoisotopic (exact) mass is 892 g/mol. The van der Waals surface area contributed by atoms with Crippen LogP contribution in [0.3, 0.4) is 0 Å². The number of benzene rings is 6. The number of ether oxygens (including phenoxy) is 2. The number of aromatic amines is 2. The number of nitrogens with zero attached hydrogens (tertiary/aromatic N) is 4. The van der Waals surface area contributed by atoms with Crippen molar-refractivity contribution in [2.75, 3.05) is 40.3 Å². The molecule has 4 heterocycles. The number of likely N-dealkylation sites (tertiary alicyclic amines) is 2. The van der Waals surface area contributed by atoms with Crippen LogP contribution < -0.4 is 0 Å². The molecule has 3 N–H and O–H groups in total. The molecule has 64 heavy (non-hydrogen) atoms. The number of aromatic nitrogens is 4. The van der Waals surface area contributed by atoms with E-state index in [0.29, 0.717) is 10.0 Å². The van der Waals surface area contributed by atoms with Crippen LogP contribution in [-0.4, -0.2) is 87.3 Å². The Hall–Kier alpha value is -5.36. The molecule has 2 saturated heterocycles. The minimum Gasteiger partial charge on any atom is -0.392 e. The van der Waals surface area contributed by atoms with Crippen LogP contribution in [0.2, 0.25) is 10.0 Å². The fourth-order valence-corrected chi connectivity index (χ4v) is 9.09. The van der Waals surface area contributed by atoms with Gasteiger partial charge < -0.3 is 34.3 Å². The van der Waals surface area contributed by atoms with Gasteiger partial charge in [0.2, 0.25) is 0 Å². The van der Waals surface area contributed by atoms with Crippen LogP contribution in [0.25, 0.3) is 44.3 Å². The molecule has 2 fully saturated rings. The van der Waals surface area contributed by atoms with E-state index in [4.69, 9.17) is 42.6 Å². The number of aliphatic hydroxyl groups excluding tert-OH is 1. The third-order valence-electron chi connectivity index (χ3n) is 12.4. The summed E-state index contributed by atoms with van der Waals surface area (Å²) in [6.07, 6.45) is 3.88.